The maximum absolute atomic E-state index is 12.9. The zero-order chi connectivity index (χ0) is 21.5. The third kappa shape index (κ3) is 3.50. The molecule has 0 N–H and O–H groups in total. The number of Topliss-reactive ketones (excluding diaryl/α,β-unsaturated/α-hetero) is 1. The predicted molar refractivity (Wildman–Crippen MR) is 113 cm³/mol. The van der Waals surface area contributed by atoms with Crippen LogP contribution in [0.15, 0.2) is 50.7 Å². The van der Waals surface area contributed by atoms with Crippen LogP contribution in [0.3, 0.4) is 0 Å². The van der Waals surface area contributed by atoms with Gasteiger partial charge in [-0.25, -0.2) is 0 Å². The molecule has 0 bridgehead atoms. The molecule has 4 heterocycles. The SMILES string of the molecule is Cc1occc1-c1nnc(SCC(=O)c2cc(C)n(-c3ccc4c(c3)OCO4)c2C)o1. The number of thioether (sulfide) groups is 1. The van der Waals surface area contributed by atoms with Crippen molar-refractivity contribution < 1.29 is 23.1 Å². The van der Waals surface area contributed by atoms with E-state index in [1.165, 1.54) is 11.8 Å². The molecule has 0 saturated heterocycles. The Morgan fingerprint density at radius 1 is 1.10 bits per heavy atom. The van der Waals surface area contributed by atoms with Crippen molar-refractivity contribution in [3.05, 3.63) is 59.3 Å². The van der Waals surface area contributed by atoms with Crippen LogP contribution in [0.2, 0.25) is 0 Å². The van der Waals surface area contributed by atoms with Gasteiger partial charge < -0.3 is 22.9 Å². The number of hydrogen-bond acceptors (Lipinski definition) is 8. The number of benzene rings is 1. The lowest BCUT2D eigenvalue weighted by Crippen LogP contribution is -2.05. The van der Waals surface area contributed by atoms with Crippen molar-refractivity contribution in [1.82, 2.24) is 14.8 Å². The van der Waals surface area contributed by atoms with Gasteiger partial charge in [0.2, 0.25) is 6.79 Å². The summed E-state index contributed by atoms with van der Waals surface area (Å²) in [6.45, 7) is 5.95. The van der Waals surface area contributed by atoms with E-state index in [4.69, 9.17) is 18.3 Å². The molecule has 0 spiro atoms. The molecule has 0 unspecified atom stereocenters. The van der Waals surface area contributed by atoms with Crippen LogP contribution in [0.25, 0.3) is 17.1 Å². The van der Waals surface area contributed by atoms with Crippen molar-refractivity contribution >= 4 is 17.5 Å². The Morgan fingerprint density at radius 3 is 2.74 bits per heavy atom. The summed E-state index contributed by atoms with van der Waals surface area (Å²) in [5.41, 5.74) is 4.15. The Bertz CT molecular complexity index is 1290. The molecule has 0 atom stereocenters. The summed E-state index contributed by atoms with van der Waals surface area (Å²) in [5.74, 6) is 2.69. The molecular formula is C22H19N3O5S. The summed E-state index contributed by atoms with van der Waals surface area (Å²) >= 11 is 1.22. The molecule has 1 aromatic carbocycles. The molecule has 4 aromatic rings. The Hall–Kier alpha value is -3.46. The Labute approximate surface area is 182 Å². The van der Waals surface area contributed by atoms with Gasteiger partial charge in [-0.1, -0.05) is 11.8 Å². The Morgan fingerprint density at radius 2 is 1.94 bits per heavy atom. The number of furan rings is 1. The zero-order valence-corrected chi connectivity index (χ0v) is 18.0. The van der Waals surface area contributed by atoms with E-state index in [0.717, 1.165) is 28.4 Å². The molecule has 31 heavy (non-hydrogen) atoms. The number of ether oxygens (including phenoxy) is 2. The smallest absolute Gasteiger partial charge is 0.277 e. The van der Waals surface area contributed by atoms with Crippen LogP contribution in [0, 0.1) is 20.8 Å². The van der Waals surface area contributed by atoms with Gasteiger partial charge in [0.1, 0.15) is 5.76 Å². The Kier molecular flexibility index (Phi) is 4.82. The molecule has 0 radical (unpaired) electrons. The first-order chi connectivity index (χ1) is 15.0. The van der Waals surface area contributed by atoms with Gasteiger partial charge >= 0.3 is 0 Å². The van der Waals surface area contributed by atoms with Crippen LogP contribution in [0.4, 0.5) is 0 Å². The lowest BCUT2D eigenvalue weighted by Gasteiger charge is -2.10. The van der Waals surface area contributed by atoms with E-state index in [9.17, 15) is 4.79 Å². The van der Waals surface area contributed by atoms with Crippen LogP contribution in [0.1, 0.15) is 27.5 Å². The van der Waals surface area contributed by atoms with E-state index in [2.05, 4.69) is 10.2 Å². The summed E-state index contributed by atoms with van der Waals surface area (Å²) in [4.78, 5) is 12.9. The second-order valence-corrected chi connectivity index (χ2v) is 8.06. The monoisotopic (exact) mass is 437 g/mol. The number of carbonyl (C=O) groups is 1. The first-order valence-corrected chi connectivity index (χ1v) is 10.6. The van der Waals surface area contributed by atoms with Gasteiger partial charge in [0.15, 0.2) is 17.3 Å². The van der Waals surface area contributed by atoms with E-state index in [-0.39, 0.29) is 18.3 Å². The summed E-state index contributed by atoms with van der Waals surface area (Å²) in [5, 5.41) is 8.41. The van der Waals surface area contributed by atoms with Crippen molar-refractivity contribution in [1.29, 1.82) is 0 Å². The van der Waals surface area contributed by atoms with Crippen LogP contribution >= 0.6 is 11.8 Å². The van der Waals surface area contributed by atoms with Crippen LogP contribution < -0.4 is 9.47 Å². The quantitative estimate of drug-likeness (QED) is 0.315. The number of aromatic nitrogens is 3. The number of aryl methyl sites for hydroxylation is 2. The van der Waals surface area contributed by atoms with E-state index >= 15 is 0 Å². The third-order valence-electron chi connectivity index (χ3n) is 5.17. The van der Waals surface area contributed by atoms with Crippen molar-refractivity contribution in [2.45, 2.75) is 26.0 Å². The molecule has 0 fully saturated rings. The molecule has 0 amide bonds. The molecular weight excluding hydrogens is 418 g/mol. The van der Waals surface area contributed by atoms with Crippen LogP contribution in [-0.4, -0.2) is 33.1 Å². The second-order valence-electron chi connectivity index (χ2n) is 7.13. The molecule has 8 nitrogen and oxygen atoms in total. The molecule has 0 saturated carbocycles. The van der Waals surface area contributed by atoms with Gasteiger partial charge in [-0.2, -0.15) is 0 Å². The van der Waals surface area contributed by atoms with Crippen molar-refractivity contribution in [3.63, 3.8) is 0 Å². The summed E-state index contributed by atoms with van der Waals surface area (Å²) < 4.78 is 23.8. The van der Waals surface area contributed by atoms with Crippen LogP contribution in [-0.2, 0) is 0 Å². The highest BCUT2D eigenvalue weighted by Crippen LogP contribution is 2.35. The van der Waals surface area contributed by atoms with Crippen molar-refractivity contribution in [2.75, 3.05) is 12.5 Å². The van der Waals surface area contributed by atoms with Gasteiger partial charge in [-0.05, 0) is 45.0 Å². The van der Waals surface area contributed by atoms with Crippen LogP contribution in [0.5, 0.6) is 11.5 Å². The van der Waals surface area contributed by atoms with E-state index < -0.39 is 0 Å². The predicted octanol–water partition coefficient (Wildman–Crippen LogP) is 4.75. The number of ketones is 1. The number of hydrogen-bond donors (Lipinski definition) is 0. The highest BCUT2D eigenvalue weighted by molar-refractivity contribution is 7.99. The van der Waals surface area contributed by atoms with Gasteiger partial charge in [0.05, 0.1) is 17.6 Å². The maximum atomic E-state index is 12.9. The fraction of sp³-hybridized carbons (Fsp3) is 0.227. The van der Waals surface area contributed by atoms with Gasteiger partial charge in [-0.3, -0.25) is 4.79 Å². The fourth-order valence-corrected chi connectivity index (χ4v) is 4.30. The summed E-state index contributed by atoms with van der Waals surface area (Å²) in [7, 11) is 0. The second kappa shape index (κ2) is 7.66. The topological polar surface area (TPSA) is 92.5 Å². The molecule has 0 aliphatic carbocycles. The molecule has 1 aliphatic heterocycles. The molecule has 3 aromatic heterocycles. The molecule has 1 aliphatic rings. The standard InChI is InChI=1S/C22H19N3O5S/c1-12-8-17(13(2)25(12)15-4-5-19-20(9-15)29-11-28-19)18(26)10-31-22-24-23-21(30-22)16-6-7-27-14(16)3/h4-9H,10-11H2,1-3H3. The average Bonchev–Trinajstić information content (AvgIpc) is 3.53. The highest BCUT2D eigenvalue weighted by Gasteiger charge is 2.21. The van der Waals surface area contributed by atoms with Gasteiger partial charge in [-0.15, -0.1) is 10.2 Å². The van der Waals surface area contributed by atoms with Crippen molar-refractivity contribution in [2.24, 2.45) is 0 Å². The average molecular weight is 437 g/mol. The minimum atomic E-state index is -0.00987. The third-order valence-corrected chi connectivity index (χ3v) is 5.99. The Balaban J connectivity index is 1.33. The first-order valence-electron chi connectivity index (χ1n) is 9.64. The first kappa shape index (κ1) is 19.5. The molecule has 158 valence electrons. The highest BCUT2D eigenvalue weighted by atomic mass is 32.2. The normalized spacial score (nSPS) is 12.5. The molecule has 9 heteroatoms. The lowest BCUT2D eigenvalue weighted by atomic mass is 10.2. The zero-order valence-electron chi connectivity index (χ0n) is 17.2. The number of nitrogens with zero attached hydrogens (tertiary/aromatic N) is 3. The fourth-order valence-electron chi connectivity index (χ4n) is 3.66. The van der Waals surface area contributed by atoms with Gasteiger partial charge in [0.25, 0.3) is 11.1 Å². The molecule has 5 rings (SSSR count). The summed E-state index contributed by atoms with van der Waals surface area (Å²) in [6.07, 6.45) is 1.57. The number of fused-ring (bicyclic) bond motifs is 1. The minimum Gasteiger partial charge on any atom is -0.469 e. The van der Waals surface area contributed by atoms with Gasteiger partial charge in [0, 0.05) is 28.7 Å². The van der Waals surface area contributed by atoms with E-state index in [1.807, 2.05) is 49.6 Å². The largest absolute Gasteiger partial charge is 0.469 e. The lowest BCUT2D eigenvalue weighted by molar-refractivity contribution is 0.102. The number of carbonyl (C=O) groups excluding carboxylic acids is 1. The van der Waals surface area contributed by atoms with Crippen molar-refractivity contribution in [3.8, 4) is 28.6 Å². The van der Waals surface area contributed by atoms with E-state index in [0.29, 0.717) is 28.2 Å². The maximum Gasteiger partial charge on any atom is 0.277 e. The van der Waals surface area contributed by atoms with E-state index in [1.54, 1.807) is 12.3 Å². The minimum absolute atomic E-state index is 0.00987. The number of rotatable bonds is 6. The summed E-state index contributed by atoms with van der Waals surface area (Å²) in [6, 6.07) is 9.42.